The van der Waals surface area contributed by atoms with Gasteiger partial charge in [0.15, 0.2) is 0 Å². The summed E-state index contributed by atoms with van der Waals surface area (Å²) in [5, 5.41) is 15.3. The van der Waals surface area contributed by atoms with E-state index in [1.807, 2.05) is 0 Å². The minimum atomic E-state index is 0. The summed E-state index contributed by atoms with van der Waals surface area (Å²) in [7, 11) is 1.67. The number of benzene rings is 17. The van der Waals surface area contributed by atoms with Crippen LogP contribution in [0.4, 0.5) is 34.1 Å². The largest absolute Gasteiger partial charge is 0.310 e. The van der Waals surface area contributed by atoms with E-state index in [0.29, 0.717) is 0 Å². The maximum atomic E-state index is 5.67. The van der Waals surface area contributed by atoms with Crippen molar-refractivity contribution in [3.63, 3.8) is 0 Å². The predicted molar refractivity (Wildman–Crippen MR) is 465 cm³/mol. The van der Waals surface area contributed by atoms with Gasteiger partial charge in [0, 0.05) is 52.1 Å². The van der Waals surface area contributed by atoms with Crippen molar-refractivity contribution in [2.24, 2.45) is 0 Å². The normalized spacial score (nSPS) is 11.0. The number of rotatable bonds is 15. The van der Waals surface area contributed by atoms with Crippen LogP contribution in [-0.2, 0) is 18.6 Å². The molecule has 0 amide bonds. The molecule has 0 bridgehead atoms. The molecule has 0 heterocycles. The van der Waals surface area contributed by atoms with Gasteiger partial charge in [-0.1, -0.05) is 352 Å². The van der Waals surface area contributed by atoms with E-state index in [2.05, 4.69) is 434 Å². The Bertz CT molecular complexity index is 5660. The van der Waals surface area contributed by atoms with Crippen molar-refractivity contribution in [1.82, 2.24) is 0 Å². The van der Waals surface area contributed by atoms with Gasteiger partial charge in [-0.25, -0.2) is 0 Å². The Morgan fingerprint density at radius 2 is 0.449 bits per heavy atom. The van der Waals surface area contributed by atoms with Gasteiger partial charge in [-0.3, -0.25) is 0 Å². The number of nitrogens with zero attached hydrogens (tertiary/aromatic N) is 2. The Hall–Kier alpha value is -11.8. The summed E-state index contributed by atoms with van der Waals surface area (Å²) >= 11 is 0. The molecule has 1 unspecified atom stereocenters. The van der Waals surface area contributed by atoms with Crippen molar-refractivity contribution in [2.75, 3.05) is 9.80 Å². The Labute approximate surface area is 661 Å². The molecular formula is C102H75BiN2PV. The van der Waals surface area contributed by atoms with Gasteiger partial charge >= 0.3 is 26.2 Å². The average molecular weight is 1620 g/mol. The van der Waals surface area contributed by atoms with Crippen LogP contribution in [0, 0.1) is 0 Å². The molecule has 2 nitrogen and oxygen atoms in total. The van der Waals surface area contributed by atoms with Gasteiger partial charge in [-0.2, -0.15) is 9.84 Å². The maximum Gasteiger partial charge on any atom is 0.0540 e. The van der Waals surface area contributed by atoms with Crippen molar-refractivity contribution in [1.29, 1.82) is 1.28 Å². The summed E-state index contributed by atoms with van der Waals surface area (Å²) in [4.78, 5) is 4.82. The molecule has 0 aliphatic carbocycles. The number of anilines is 6. The Balaban J connectivity index is 0.000000183. The Kier molecular flexibility index (Phi) is 20.8. The van der Waals surface area contributed by atoms with Crippen molar-refractivity contribution in [2.45, 2.75) is 0 Å². The third-order valence-corrected chi connectivity index (χ3v) is 20.4. The first kappa shape index (κ1) is 69.6. The van der Waals surface area contributed by atoms with Crippen LogP contribution in [0.1, 0.15) is 33.4 Å². The molecule has 0 spiro atoms. The molecule has 19 aromatic carbocycles. The number of hydrogen-bond donors (Lipinski definition) is 0. The van der Waals surface area contributed by atoms with E-state index < -0.39 is 0 Å². The molecular weight excluding hydrogens is 1540 g/mol. The predicted octanol–water partition coefficient (Wildman–Crippen LogP) is 27.4. The van der Waals surface area contributed by atoms with Crippen molar-refractivity contribution in [3.05, 3.63) is 446 Å². The zero-order chi connectivity index (χ0) is 71.1. The SMILES string of the molecule is C(=C(c1ccccc1)c1ccccc1)c1ccc(-c2ccc(C=C(c3ccccc3)c3ccccc3)cc2)cc1.[2H]P.[BiH2].[V].c1ccc(-c2c3c4cccc5c(N(c6ccccc6)c6ccccc6)ccc(c3c(-c3ccccc3)c3c6cccc7c(N(c8ccccc8)c8ccccc8)ccc(c23)c76)c54)cc1. The first-order valence-electron chi connectivity index (χ1n) is 36.4. The fraction of sp³-hybridized carbons (Fsp3) is 0. The van der Waals surface area contributed by atoms with Crippen molar-refractivity contribution < 1.29 is 18.6 Å². The van der Waals surface area contributed by atoms with Crippen molar-refractivity contribution >= 4 is 158 Å². The summed E-state index contributed by atoms with van der Waals surface area (Å²) in [6.07, 6.45) is 4.55. The van der Waals surface area contributed by atoms with Crippen LogP contribution < -0.4 is 9.80 Å². The van der Waals surface area contributed by atoms with Gasteiger partial charge < -0.3 is 9.80 Å². The van der Waals surface area contributed by atoms with E-state index in [-0.39, 0.29) is 44.8 Å². The minimum absolute atomic E-state index is 0. The van der Waals surface area contributed by atoms with E-state index in [1.54, 1.807) is 9.84 Å². The topological polar surface area (TPSA) is 6.48 Å². The minimum Gasteiger partial charge on any atom is -0.310 e. The van der Waals surface area contributed by atoms with Gasteiger partial charge in [-0.05, 0) is 205 Å². The molecule has 0 saturated carbocycles. The maximum absolute atomic E-state index is 5.67. The van der Waals surface area contributed by atoms with Gasteiger partial charge in [0.05, 0.1) is 12.7 Å². The smallest absolute Gasteiger partial charge is 0.0540 e. The van der Waals surface area contributed by atoms with Crippen LogP contribution in [0.5, 0.6) is 0 Å². The molecule has 508 valence electrons. The third-order valence-electron chi connectivity index (χ3n) is 20.4. The molecule has 107 heavy (non-hydrogen) atoms. The second kappa shape index (κ2) is 31.9. The fourth-order valence-electron chi connectivity index (χ4n) is 15.8. The molecule has 0 aliphatic heterocycles. The number of hydrogen-bond acceptors (Lipinski definition) is 2. The molecule has 1 atom stereocenters. The monoisotopic (exact) mass is 1620 g/mol. The molecule has 19 aromatic rings. The molecule has 0 saturated heterocycles. The Morgan fingerprint density at radius 1 is 0.215 bits per heavy atom. The summed E-state index contributed by atoms with van der Waals surface area (Å²) in [6, 6.07) is 149. The van der Waals surface area contributed by atoms with Crippen LogP contribution in [0.15, 0.2) is 413 Å². The molecule has 5 heteroatoms. The molecule has 0 aromatic heterocycles. The van der Waals surface area contributed by atoms with E-state index in [0.717, 1.165) is 34.1 Å². The summed E-state index contributed by atoms with van der Waals surface area (Å²) in [5.41, 5.74) is 23.9. The summed E-state index contributed by atoms with van der Waals surface area (Å²) in [5.74, 6) is 0. The zero-order valence-corrected chi connectivity index (χ0v) is 66.0. The van der Waals surface area contributed by atoms with Crippen LogP contribution in [0.2, 0.25) is 0 Å². The van der Waals surface area contributed by atoms with Gasteiger partial charge in [-0.15, -0.1) is 0 Å². The van der Waals surface area contributed by atoms with E-state index >= 15 is 0 Å². The summed E-state index contributed by atoms with van der Waals surface area (Å²) < 4.78 is 5.67. The fourth-order valence-corrected chi connectivity index (χ4v) is 15.8. The van der Waals surface area contributed by atoms with E-state index in [1.165, 1.54) is 143 Å². The second-order valence-corrected chi connectivity index (χ2v) is 26.5. The molecule has 0 fully saturated rings. The van der Waals surface area contributed by atoms with Crippen LogP contribution in [0.25, 0.3) is 121 Å². The van der Waals surface area contributed by atoms with E-state index in [4.69, 9.17) is 1.28 Å². The van der Waals surface area contributed by atoms with Crippen molar-refractivity contribution in [3.8, 4) is 33.4 Å². The van der Waals surface area contributed by atoms with Gasteiger partial charge in [0.2, 0.25) is 0 Å². The van der Waals surface area contributed by atoms with Gasteiger partial charge in [0.1, 0.15) is 0 Å². The summed E-state index contributed by atoms with van der Waals surface area (Å²) in [6.45, 7) is 0. The number of fused-ring (bicyclic) bond motifs is 6. The standard InChI is InChI=1S/C62H40N2.C40H30.Bi.H3P.V.2H/c1-7-21-41(22-8-1)55-59-49-35-19-33-47-54(64(45-29-15-5-16-30-45)46-31-17-6-18-32-46)40-38-52(57(47)49)62(59)56(42-23-9-2-10-24-42)60-50-36-20-34-48-53(39-37-51(58(48)50)61(55)60)63(43-25-11-3-12-26-43)44-27-13-4-14-28-44;1-5-13-35(14-6-1)39(36-15-7-2-8-16-36)29-31-21-25-33(26-22-31)34-27-23-32(24-28-34)30-40(37-17-9-3-10-18-37)38-19-11-4-12-20-38;;;;;/h1-40H;1-30H;;1H3;;;/i;;;1D;;;. The number of para-hydroxylation sites is 4. The van der Waals surface area contributed by atoms with Crippen LogP contribution in [-0.4, -0.2) is 27.5 Å². The zero-order valence-electron chi connectivity index (χ0n) is 59.9. The first-order chi connectivity index (χ1) is 52.7. The molecule has 19 rings (SSSR count). The molecule has 0 aliphatic rings. The van der Waals surface area contributed by atoms with Crippen LogP contribution >= 0.6 is 9.84 Å². The van der Waals surface area contributed by atoms with Gasteiger partial charge in [0.25, 0.3) is 0 Å². The molecule has 2 radical (unpaired) electrons. The quantitative estimate of drug-likeness (QED) is 0.0573. The van der Waals surface area contributed by atoms with E-state index in [9.17, 15) is 0 Å². The second-order valence-electron chi connectivity index (χ2n) is 26.5. The Morgan fingerprint density at radius 3 is 0.720 bits per heavy atom. The third kappa shape index (κ3) is 13.7. The first-order valence-corrected chi connectivity index (χ1v) is 35.8. The average Bonchev–Trinajstić information content (AvgIpc) is 1.51. The molecule has 0 N–H and O–H groups in total. The van der Waals surface area contributed by atoms with Crippen LogP contribution in [0.3, 0.4) is 0 Å².